The molecule has 0 heterocycles. The number of hydrogen-bond donors (Lipinski definition) is 1. The lowest BCUT2D eigenvalue weighted by Crippen LogP contribution is -2.20. The van der Waals surface area contributed by atoms with Gasteiger partial charge in [-0.3, -0.25) is 4.79 Å². The molecule has 3 heteroatoms. The topological polar surface area (TPSA) is 46.5 Å². The summed E-state index contributed by atoms with van der Waals surface area (Å²) in [5.41, 5.74) is 7.71. The zero-order valence-corrected chi connectivity index (χ0v) is 22.9. The van der Waals surface area contributed by atoms with Gasteiger partial charge in [0.25, 0.3) is 0 Å². The second-order valence-corrected chi connectivity index (χ2v) is 11.6. The Labute approximate surface area is 216 Å². The van der Waals surface area contributed by atoms with Crippen molar-refractivity contribution in [2.75, 3.05) is 6.61 Å². The van der Waals surface area contributed by atoms with E-state index in [1.165, 1.54) is 5.56 Å². The average Bonchev–Trinajstić information content (AvgIpc) is 2.80. The van der Waals surface area contributed by atoms with Crippen LogP contribution >= 0.6 is 0 Å². The highest BCUT2D eigenvalue weighted by Gasteiger charge is 2.32. The molecule has 0 saturated carbocycles. The van der Waals surface area contributed by atoms with Gasteiger partial charge in [-0.2, -0.15) is 0 Å². The van der Waals surface area contributed by atoms with Crippen LogP contribution in [0, 0.1) is 6.92 Å². The van der Waals surface area contributed by atoms with Crippen LogP contribution in [0.4, 0.5) is 0 Å². The number of esters is 1. The minimum absolute atomic E-state index is 0.206. The van der Waals surface area contributed by atoms with E-state index in [4.69, 9.17) is 4.74 Å². The van der Waals surface area contributed by atoms with Crippen molar-refractivity contribution in [3.05, 3.63) is 89.5 Å². The molecular weight excluding hydrogens is 444 g/mol. The van der Waals surface area contributed by atoms with Gasteiger partial charge >= 0.3 is 5.97 Å². The number of phenolic OH excluding ortho intramolecular Hbond substituents is 1. The van der Waals surface area contributed by atoms with Crippen LogP contribution in [0.15, 0.2) is 67.3 Å². The summed E-state index contributed by atoms with van der Waals surface area (Å²) in [4.78, 5) is 12.5. The summed E-state index contributed by atoms with van der Waals surface area (Å²) < 4.78 is 5.28. The second kappa shape index (κ2) is 10.7. The van der Waals surface area contributed by atoms with Crippen LogP contribution in [0.5, 0.6) is 5.75 Å². The van der Waals surface area contributed by atoms with Gasteiger partial charge in [0, 0.05) is 12.0 Å². The molecule has 0 aromatic heterocycles. The van der Waals surface area contributed by atoms with Gasteiger partial charge in [0.05, 0.1) is 0 Å². The molecule has 3 nitrogen and oxygen atoms in total. The van der Waals surface area contributed by atoms with Crippen molar-refractivity contribution in [3.8, 4) is 28.0 Å². The Morgan fingerprint density at radius 2 is 1.56 bits per heavy atom. The third-order valence-electron chi connectivity index (χ3n) is 6.46. The lowest BCUT2D eigenvalue weighted by atomic mass is 9.73. The first-order valence-electron chi connectivity index (χ1n) is 12.7. The van der Waals surface area contributed by atoms with Crippen molar-refractivity contribution >= 4 is 5.97 Å². The van der Waals surface area contributed by atoms with Crippen molar-refractivity contribution in [3.63, 3.8) is 0 Å². The quantitative estimate of drug-likeness (QED) is 0.271. The van der Waals surface area contributed by atoms with Crippen LogP contribution < -0.4 is 0 Å². The molecule has 36 heavy (non-hydrogen) atoms. The van der Waals surface area contributed by atoms with Crippen LogP contribution in [0.2, 0.25) is 0 Å². The molecule has 0 saturated heterocycles. The fourth-order valence-corrected chi connectivity index (χ4v) is 4.68. The third kappa shape index (κ3) is 6.07. The van der Waals surface area contributed by atoms with Crippen molar-refractivity contribution in [1.29, 1.82) is 0 Å². The number of ether oxygens (including phenoxy) is 1. The predicted molar refractivity (Wildman–Crippen MR) is 151 cm³/mol. The number of carbonyl (C=O) groups is 1. The number of benzene rings is 3. The molecule has 0 aliphatic heterocycles. The SMILES string of the molecule is C=CCOC(=O)CCc1cc(C(C)(C)C)c(O)c(C(C)(C)C)c1-c1ccccc1-c1ccc(C)cc1. The average molecular weight is 485 g/mol. The summed E-state index contributed by atoms with van der Waals surface area (Å²) in [6.45, 7) is 18.6. The zero-order chi connectivity index (χ0) is 26.7. The highest BCUT2D eigenvalue weighted by Crippen LogP contribution is 2.48. The first-order chi connectivity index (χ1) is 16.8. The van der Waals surface area contributed by atoms with Gasteiger partial charge in [0.15, 0.2) is 0 Å². The van der Waals surface area contributed by atoms with Gasteiger partial charge < -0.3 is 9.84 Å². The molecule has 3 aromatic rings. The van der Waals surface area contributed by atoms with E-state index in [2.05, 4.69) is 97.5 Å². The Bertz CT molecular complexity index is 1240. The number of rotatable bonds is 7. The molecule has 0 atom stereocenters. The lowest BCUT2D eigenvalue weighted by Gasteiger charge is -2.32. The number of hydrogen-bond acceptors (Lipinski definition) is 3. The van der Waals surface area contributed by atoms with E-state index in [-0.39, 0.29) is 29.8 Å². The second-order valence-electron chi connectivity index (χ2n) is 11.6. The molecule has 0 fully saturated rings. The standard InChI is InChI=1S/C33H40O3/c1-9-20-36-28(34)19-18-24-21-27(32(3,4)5)31(35)30(33(6,7)8)29(24)26-13-11-10-12-25(26)23-16-14-22(2)15-17-23/h9-17,21,35H,1,18-20H2,2-8H3. The molecule has 190 valence electrons. The van der Waals surface area contributed by atoms with Crippen LogP contribution in [0.25, 0.3) is 22.3 Å². The van der Waals surface area contributed by atoms with Crippen molar-refractivity contribution in [1.82, 2.24) is 0 Å². The molecule has 3 rings (SSSR count). The maximum atomic E-state index is 12.5. The van der Waals surface area contributed by atoms with E-state index in [9.17, 15) is 9.90 Å². The Balaban J connectivity index is 2.34. The fourth-order valence-electron chi connectivity index (χ4n) is 4.68. The largest absolute Gasteiger partial charge is 0.507 e. The van der Waals surface area contributed by atoms with Gasteiger partial charge in [0.1, 0.15) is 12.4 Å². The Morgan fingerprint density at radius 3 is 2.11 bits per heavy atom. The van der Waals surface area contributed by atoms with Gasteiger partial charge in [-0.05, 0) is 57.6 Å². The van der Waals surface area contributed by atoms with E-state index in [0.29, 0.717) is 12.2 Å². The van der Waals surface area contributed by atoms with Crippen molar-refractivity contribution in [2.24, 2.45) is 0 Å². The summed E-state index contributed by atoms with van der Waals surface area (Å²) in [6.07, 6.45) is 2.35. The molecule has 0 bridgehead atoms. The summed E-state index contributed by atoms with van der Waals surface area (Å²) in [5.74, 6) is 0.0806. The van der Waals surface area contributed by atoms with Crippen LogP contribution in [-0.4, -0.2) is 17.7 Å². The number of aryl methyl sites for hydroxylation is 2. The number of carbonyl (C=O) groups excluding carboxylic acids is 1. The van der Waals surface area contributed by atoms with E-state index in [0.717, 1.165) is 38.9 Å². The fraction of sp³-hybridized carbons (Fsp3) is 0.364. The maximum Gasteiger partial charge on any atom is 0.306 e. The maximum absolute atomic E-state index is 12.5. The molecule has 0 amide bonds. The minimum Gasteiger partial charge on any atom is -0.507 e. The van der Waals surface area contributed by atoms with Crippen molar-refractivity contribution in [2.45, 2.75) is 72.1 Å². The minimum atomic E-state index is -0.334. The highest BCUT2D eigenvalue weighted by molar-refractivity contribution is 5.88. The number of phenols is 1. The molecule has 0 unspecified atom stereocenters. The Morgan fingerprint density at radius 1 is 0.944 bits per heavy atom. The molecule has 0 spiro atoms. The van der Waals surface area contributed by atoms with E-state index >= 15 is 0 Å². The van der Waals surface area contributed by atoms with Gasteiger partial charge in [-0.25, -0.2) is 0 Å². The molecule has 0 aliphatic rings. The predicted octanol–water partition coefficient (Wildman–Crippen LogP) is 8.29. The summed E-state index contributed by atoms with van der Waals surface area (Å²) >= 11 is 0. The van der Waals surface area contributed by atoms with Gasteiger partial charge in [0.2, 0.25) is 0 Å². The summed E-state index contributed by atoms with van der Waals surface area (Å²) in [6, 6.07) is 18.9. The number of aromatic hydroxyl groups is 1. The first-order valence-corrected chi connectivity index (χ1v) is 12.7. The van der Waals surface area contributed by atoms with Crippen LogP contribution in [0.3, 0.4) is 0 Å². The van der Waals surface area contributed by atoms with Gasteiger partial charge in [-0.1, -0.05) is 114 Å². The Kier molecular flexibility index (Phi) is 8.13. The molecule has 0 radical (unpaired) electrons. The Hall–Kier alpha value is -3.33. The zero-order valence-electron chi connectivity index (χ0n) is 22.9. The summed E-state index contributed by atoms with van der Waals surface area (Å²) in [7, 11) is 0. The van der Waals surface area contributed by atoms with Crippen LogP contribution in [-0.2, 0) is 26.8 Å². The van der Waals surface area contributed by atoms with Gasteiger partial charge in [-0.15, -0.1) is 0 Å². The normalized spacial score (nSPS) is 11.9. The summed E-state index contributed by atoms with van der Waals surface area (Å²) in [5, 5.41) is 11.7. The molecule has 0 aliphatic carbocycles. The van der Waals surface area contributed by atoms with E-state index in [1.807, 2.05) is 12.1 Å². The molecule has 3 aromatic carbocycles. The van der Waals surface area contributed by atoms with E-state index < -0.39 is 0 Å². The lowest BCUT2D eigenvalue weighted by molar-refractivity contribution is -0.142. The first kappa shape index (κ1) is 27.3. The van der Waals surface area contributed by atoms with Crippen molar-refractivity contribution < 1.29 is 14.6 Å². The molecular formula is C33H40O3. The smallest absolute Gasteiger partial charge is 0.306 e. The third-order valence-corrected chi connectivity index (χ3v) is 6.46. The highest BCUT2D eigenvalue weighted by atomic mass is 16.5. The van der Waals surface area contributed by atoms with Crippen LogP contribution in [0.1, 0.15) is 70.2 Å². The monoisotopic (exact) mass is 484 g/mol. The molecule has 1 N–H and O–H groups in total. The van der Waals surface area contributed by atoms with E-state index in [1.54, 1.807) is 6.08 Å².